The smallest absolute Gasteiger partial charge is 0.343 e. The molecule has 1 aliphatic rings. The van der Waals surface area contributed by atoms with E-state index in [1.165, 1.54) is 12.8 Å². The van der Waals surface area contributed by atoms with Crippen molar-refractivity contribution < 1.29 is 9.52 Å². The number of rotatable bonds is 8. The van der Waals surface area contributed by atoms with Crippen molar-refractivity contribution in [3.8, 4) is 5.75 Å². The molecule has 0 radical (unpaired) electrons. The summed E-state index contributed by atoms with van der Waals surface area (Å²) in [6.45, 7) is 3.20. The Morgan fingerprint density at radius 1 is 1.13 bits per heavy atom. The van der Waals surface area contributed by atoms with Gasteiger partial charge < -0.3 is 19.8 Å². The molecule has 162 valence electrons. The predicted octanol–water partition coefficient (Wildman–Crippen LogP) is 4.08. The molecule has 0 saturated carbocycles. The Balaban J connectivity index is 1.72. The molecule has 2 aromatic carbocycles. The highest BCUT2D eigenvalue weighted by Crippen LogP contribution is 2.36. The number of para-hydroxylation sites is 1. The Bertz CT molecular complexity index is 1100. The van der Waals surface area contributed by atoms with Crippen LogP contribution >= 0.6 is 0 Å². The highest BCUT2D eigenvalue weighted by atomic mass is 16.4. The highest BCUT2D eigenvalue weighted by Gasteiger charge is 2.26. The monoisotopic (exact) mass is 419 g/mol. The third-order valence-corrected chi connectivity index (χ3v) is 6.00. The maximum Gasteiger partial charge on any atom is 0.343 e. The maximum atomic E-state index is 13.0. The largest absolute Gasteiger partial charge is 0.507 e. The van der Waals surface area contributed by atoms with Gasteiger partial charge in [0.1, 0.15) is 11.3 Å². The first kappa shape index (κ1) is 21.1. The quantitative estimate of drug-likeness (QED) is 0.327. The summed E-state index contributed by atoms with van der Waals surface area (Å²) in [7, 11) is 1.79. The van der Waals surface area contributed by atoms with Crippen molar-refractivity contribution in [1.82, 2.24) is 10.3 Å². The molecule has 31 heavy (non-hydrogen) atoms. The molecule has 6 nitrogen and oxygen atoms in total. The van der Waals surface area contributed by atoms with Gasteiger partial charge in [0.15, 0.2) is 0 Å². The molecule has 2 N–H and O–H groups in total. The van der Waals surface area contributed by atoms with Gasteiger partial charge in [-0.2, -0.15) is 5.10 Å². The van der Waals surface area contributed by atoms with Crippen LogP contribution in [0.2, 0.25) is 0 Å². The number of nitrogens with zero attached hydrogens (tertiary/aromatic N) is 2. The molecule has 1 fully saturated rings. The molecular formula is C25H29N3O3. The molecule has 1 aliphatic heterocycles. The minimum atomic E-state index is -0.506. The molecule has 1 saturated heterocycles. The molecule has 1 atom stereocenters. The summed E-state index contributed by atoms with van der Waals surface area (Å²) in [5.74, 6) is -0.364. The van der Waals surface area contributed by atoms with Gasteiger partial charge in [-0.05, 0) is 50.0 Å². The maximum absolute atomic E-state index is 13.0. The highest BCUT2D eigenvalue weighted by molar-refractivity contribution is 5.87. The molecule has 0 bridgehead atoms. The number of likely N-dealkylation sites (tertiary alicyclic amines) is 1. The Labute approximate surface area is 182 Å². The summed E-state index contributed by atoms with van der Waals surface area (Å²) < 4.78 is 5.58. The second kappa shape index (κ2) is 9.79. The number of benzene rings is 2. The second-order valence-corrected chi connectivity index (χ2v) is 8.02. The van der Waals surface area contributed by atoms with Crippen LogP contribution in [0.5, 0.6) is 5.75 Å². The lowest BCUT2D eigenvalue weighted by Crippen LogP contribution is -2.25. The molecule has 2 heterocycles. The normalized spacial score (nSPS) is 16.0. The Hall–Kier alpha value is -3.12. The fourth-order valence-corrected chi connectivity index (χ4v) is 4.42. The van der Waals surface area contributed by atoms with E-state index in [4.69, 9.17) is 4.42 Å². The van der Waals surface area contributed by atoms with Crippen molar-refractivity contribution in [1.29, 1.82) is 0 Å². The number of hydrazone groups is 1. The summed E-state index contributed by atoms with van der Waals surface area (Å²) in [6, 6.07) is 16.9. The van der Waals surface area contributed by atoms with Gasteiger partial charge in [-0.15, -0.1) is 0 Å². The number of nitrogens with one attached hydrogen (secondary N) is 1. The molecule has 3 aromatic rings. The summed E-state index contributed by atoms with van der Waals surface area (Å²) >= 11 is 0. The van der Waals surface area contributed by atoms with E-state index >= 15 is 0 Å². The van der Waals surface area contributed by atoms with E-state index in [0.717, 1.165) is 37.3 Å². The predicted molar refractivity (Wildman–Crippen MR) is 124 cm³/mol. The minimum Gasteiger partial charge on any atom is -0.507 e. The third-order valence-electron chi connectivity index (χ3n) is 6.00. The number of aromatic hydroxyl groups is 1. The molecule has 0 spiro atoms. The summed E-state index contributed by atoms with van der Waals surface area (Å²) in [6.07, 6.45) is 3.83. The number of hydrogen-bond donors (Lipinski definition) is 2. The average Bonchev–Trinajstić information content (AvgIpc) is 3.31. The molecular weight excluding hydrogens is 390 g/mol. The van der Waals surface area contributed by atoms with Gasteiger partial charge in [0.25, 0.3) is 0 Å². The summed E-state index contributed by atoms with van der Waals surface area (Å²) in [5, 5.41) is 16.2. The zero-order valence-electron chi connectivity index (χ0n) is 17.9. The van der Waals surface area contributed by atoms with Crippen LogP contribution in [0, 0.1) is 0 Å². The zero-order valence-corrected chi connectivity index (χ0v) is 17.9. The Morgan fingerprint density at radius 2 is 1.84 bits per heavy atom. The third kappa shape index (κ3) is 4.80. The van der Waals surface area contributed by atoms with E-state index in [1.54, 1.807) is 25.2 Å². The topological polar surface area (TPSA) is 78.1 Å². The summed E-state index contributed by atoms with van der Waals surface area (Å²) in [5.41, 5.74) is 5.00. The molecule has 1 unspecified atom stereocenters. The first-order chi connectivity index (χ1) is 15.2. The van der Waals surface area contributed by atoms with Crippen LogP contribution in [0.15, 0.2) is 68.9 Å². The Kier molecular flexibility index (Phi) is 6.67. The fraction of sp³-hybridized carbons (Fsp3) is 0.360. The Morgan fingerprint density at radius 3 is 2.58 bits per heavy atom. The SMILES string of the molecule is CN/N=C(/CCN1CCCC1)CC(c1ccccc1)c1c(O)c2ccccc2oc1=O. The minimum absolute atomic E-state index is 0.0101. The van der Waals surface area contributed by atoms with Crippen molar-refractivity contribution in [2.75, 3.05) is 26.7 Å². The van der Waals surface area contributed by atoms with Crippen LogP contribution in [-0.4, -0.2) is 42.4 Å². The average molecular weight is 420 g/mol. The lowest BCUT2D eigenvalue weighted by molar-refractivity contribution is 0.348. The van der Waals surface area contributed by atoms with Crippen LogP contribution in [0.1, 0.15) is 42.7 Å². The second-order valence-electron chi connectivity index (χ2n) is 8.02. The van der Waals surface area contributed by atoms with Crippen molar-refractivity contribution in [2.45, 2.75) is 31.6 Å². The van der Waals surface area contributed by atoms with Crippen molar-refractivity contribution in [3.63, 3.8) is 0 Å². The van der Waals surface area contributed by atoms with Crippen molar-refractivity contribution in [2.24, 2.45) is 5.10 Å². The van der Waals surface area contributed by atoms with Gasteiger partial charge in [-0.3, -0.25) is 0 Å². The molecule has 0 amide bonds. The summed E-state index contributed by atoms with van der Waals surface area (Å²) in [4.78, 5) is 15.4. The van der Waals surface area contributed by atoms with Crippen molar-refractivity contribution >= 4 is 16.7 Å². The van der Waals surface area contributed by atoms with Crippen molar-refractivity contribution in [3.05, 3.63) is 76.1 Å². The molecule has 0 aliphatic carbocycles. The van der Waals surface area contributed by atoms with E-state index < -0.39 is 5.63 Å². The van der Waals surface area contributed by atoms with Crippen LogP contribution < -0.4 is 11.1 Å². The lowest BCUT2D eigenvalue weighted by Gasteiger charge is -2.21. The van der Waals surface area contributed by atoms with Crippen LogP contribution in [-0.2, 0) is 0 Å². The van der Waals surface area contributed by atoms with Crippen LogP contribution in [0.25, 0.3) is 11.0 Å². The lowest BCUT2D eigenvalue weighted by atomic mass is 9.86. The fourth-order valence-electron chi connectivity index (χ4n) is 4.42. The van der Waals surface area contributed by atoms with Gasteiger partial charge in [0.05, 0.1) is 10.9 Å². The van der Waals surface area contributed by atoms with E-state index in [1.807, 2.05) is 36.4 Å². The zero-order chi connectivity index (χ0) is 21.6. The first-order valence-corrected chi connectivity index (χ1v) is 10.9. The van der Waals surface area contributed by atoms with Crippen LogP contribution in [0.3, 0.4) is 0 Å². The van der Waals surface area contributed by atoms with E-state index in [-0.39, 0.29) is 17.2 Å². The van der Waals surface area contributed by atoms with Crippen LogP contribution in [0.4, 0.5) is 0 Å². The first-order valence-electron chi connectivity index (χ1n) is 10.9. The molecule has 4 rings (SSSR count). The van der Waals surface area contributed by atoms with Gasteiger partial charge >= 0.3 is 5.63 Å². The van der Waals surface area contributed by atoms with Gasteiger partial charge in [-0.25, -0.2) is 4.79 Å². The standard InChI is InChI=1S/C25H29N3O3/c1-26-27-19(13-16-28-14-7-8-15-28)17-21(18-9-3-2-4-10-18)23-24(29)20-11-5-6-12-22(20)31-25(23)30/h2-6,9-12,21,26,29H,7-8,13-17H2,1H3/b27-19-. The van der Waals surface area contributed by atoms with E-state index in [9.17, 15) is 9.90 Å². The molecule has 1 aromatic heterocycles. The van der Waals surface area contributed by atoms with E-state index in [0.29, 0.717) is 17.4 Å². The number of hydrogen-bond acceptors (Lipinski definition) is 6. The van der Waals surface area contributed by atoms with Gasteiger partial charge in [0.2, 0.25) is 0 Å². The van der Waals surface area contributed by atoms with Gasteiger partial charge in [-0.1, -0.05) is 42.5 Å². The van der Waals surface area contributed by atoms with E-state index in [2.05, 4.69) is 15.4 Å². The number of fused-ring (bicyclic) bond motifs is 1. The van der Waals surface area contributed by atoms with Gasteiger partial charge in [0, 0.05) is 31.6 Å². The molecule has 6 heteroatoms.